The van der Waals surface area contributed by atoms with E-state index in [1.165, 1.54) is 14.7 Å². The van der Waals surface area contributed by atoms with Crippen LogP contribution in [0.15, 0.2) is 30.3 Å². The molecule has 36 heteroatoms. The predicted molar refractivity (Wildman–Crippen MR) is 524 cm³/mol. The molecule has 18 atom stereocenters. The number of likely N-dealkylation sites (tertiary alicyclic amines) is 3. The summed E-state index contributed by atoms with van der Waals surface area (Å²) in [7, 11) is 3.43. The van der Waals surface area contributed by atoms with Gasteiger partial charge < -0.3 is 94.9 Å². The summed E-state index contributed by atoms with van der Waals surface area (Å²) >= 11 is 0. The fourth-order valence-corrected chi connectivity index (χ4v) is 21.2. The van der Waals surface area contributed by atoms with Crippen LogP contribution in [-0.2, 0) is 77.5 Å². The van der Waals surface area contributed by atoms with Crippen LogP contribution in [0.5, 0.6) is 0 Å². The maximum Gasteiger partial charge on any atom is 0.316 e. The zero-order valence-corrected chi connectivity index (χ0v) is 88.1. The average molecular weight is 1940 g/mol. The molecule has 7 saturated carbocycles. The first-order valence-corrected chi connectivity index (χ1v) is 50.2. The molecule has 776 valence electrons. The first kappa shape index (κ1) is 112. The van der Waals surface area contributed by atoms with Crippen LogP contribution in [0.2, 0.25) is 0 Å². The van der Waals surface area contributed by atoms with Crippen LogP contribution < -0.4 is 70.4 Å². The van der Waals surface area contributed by atoms with Crippen molar-refractivity contribution in [2.75, 3.05) is 40.3 Å². The Bertz CT molecular complexity index is 4800. The van der Waals surface area contributed by atoms with E-state index in [2.05, 4.69) is 80.9 Å². The summed E-state index contributed by atoms with van der Waals surface area (Å²) in [4.78, 5) is 247. The number of amides is 18. The Morgan fingerprint density at radius 1 is 0.381 bits per heavy atom. The van der Waals surface area contributed by atoms with E-state index in [9.17, 15) is 86.3 Å². The SMILES string of the molecule is CC(C)(NC(=O)[C@@H](NC(=O)N[C@H](C(=O)N1C[C@H]2[C@@H]([C@H]1C(=O)NC(CC1CC1)C(=O)C(N)=O)C2(C)C)C(C)(C)C)C(C)(C)C)c1ccccc1.CC(C)N(C)C(=O)[C@@H](NC(=O)N[C@H](C(=O)N1C[C@H]2[C@@H]([C@H]1C(=O)NC(CC1CCC1)C(=O)C(N)=O)C2(C)C)C(C)(C)C)C(C)(C)C.CC(C)[C@H](NC(=O)N[C@H](C(=O)N1C[C@H]2[C@@H]([C@H]1C(=O)NC(CC1CCC1)C(=O)C(N)=O)C2(C)C)C(C)(C)C)C(=O)N(C)CC1CC1. The van der Waals surface area contributed by atoms with Gasteiger partial charge in [0.2, 0.25) is 70.5 Å². The molecular weight excluding hydrogens is 1780 g/mol. The van der Waals surface area contributed by atoms with Crippen LogP contribution in [0.4, 0.5) is 14.4 Å². The number of nitrogens with zero attached hydrogens (tertiary/aromatic N) is 5. The van der Waals surface area contributed by atoms with E-state index in [4.69, 9.17) is 17.2 Å². The molecule has 1 aromatic carbocycles. The highest BCUT2D eigenvalue weighted by molar-refractivity contribution is 6.39. The van der Waals surface area contributed by atoms with E-state index in [0.29, 0.717) is 51.4 Å². The van der Waals surface area contributed by atoms with E-state index in [1.54, 1.807) is 23.9 Å². The van der Waals surface area contributed by atoms with Gasteiger partial charge in [-0.15, -0.1) is 0 Å². The third-order valence-corrected chi connectivity index (χ3v) is 31.6. The fraction of sp³-hybridized carbons (Fsp3) is 0.767. The lowest BCUT2D eigenvalue weighted by molar-refractivity contribution is -0.145. The molecular formula is C103H166N18O18. The summed E-state index contributed by atoms with van der Waals surface area (Å²) in [6.45, 7) is 52.8. The van der Waals surface area contributed by atoms with E-state index >= 15 is 0 Å². The third-order valence-electron chi connectivity index (χ3n) is 31.6. The number of piperidine rings is 3. The lowest BCUT2D eigenvalue weighted by atomic mass is 9.80. The molecule has 0 aromatic heterocycles. The van der Waals surface area contributed by atoms with Crippen molar-refractivity contribution < 1.29 is 86.3 Å². The number of rotatable bonds is 36. The standard InChI is InChI=1S/C37H56N6O6.C33H54N6O6.C33H56N6O6/c1-34(2,3)27(31(47)42-37(9,10)21-14-12-11-13-15-21)40-33(49)41-28(35(4,5)6)32(48)43-19-22-24(36(22,7)8)25(43)30(46)39-23(18-20-16-17-20)26(44)29(38)45;1-17(2)23(29(43)38(8)15-19-12-13-19)36-31(45)37-26(32(3,4)5)30(44)39-16-20-22(33(20,6)7)24(39)28(42)35-21(25(40)27(34)41)14-18-10-9-11-18;1-17(2)38(11)28(43)24(31(3,4)5)36-30(45)37-25(32(6,7)8)29(44)39-16-19-21(33(19,9)10)22(39)27(42)35-20(23(40)26(34)41)15-18-13-12-14-18/h11-15,20,22-25,27-28H,16-19H2,1-10H3,(H2,38,45)(H,39,46)(H,42,47)(H2,40,41,49);17-24,26H,9-16H2,1-8H3,(H2,34,41)(H,35,42)(H2,36,37,45);17-22,24-25H,12-16H2,1-11H3,(H2,34,41)(H,35,42)(H2,36,37,45)/t22-,23?,24-,25-,27+,28+;20-,21?,22-,23-,24-,26+;19-,20?,21-,22-,24+,25+/m000/s1. The lowest BCUT2D eigenvalue weighted by Gasteiger charge is -2.39. The molecule has 11 rings (SSSR count). The molecule has 0 bridgehead atoms. The Kier molecular flexibility index (Phi) is 34.3. The lowest BCUT2D eigenvalue weighted by Crippen LogP contribution is -2.63. The van der Waals surface area contributed by atoms with Crippen LogP contribution >= 0.6 is 0 Å². The number of hydrogen-bond donors (Lipinski definition) is 13. The monoisotopic (exact) mass is 1940 g/mol. The van der Waals surface area contributed by atoms with Gasteiger partial charge in [-0.2, -0.15) is 0 Å². The first-order chi connectivity index (χ1) is 63.8. The molecule has 1 aromatic rings. The minimum Gasteiger partial charge on any atom is -0.363 e. The number of likely N-dealkylation sites (N-methyl/N-ethyl adjacent to an activating group) is 2. The van der Waals surface area contributed by atoms with Crippen molar-refractivity contribution in [3.8, 4) is 0 Å². The molecule has 10 aliphatic rings. The molecule has 16 N–H and O–H groups in total. The van der Waals surface area contributed by atoms with Crippen LogP contribution in [-0.4, -0.2) is 250 Å². The van der Waals surface area contributed by atoms with Gasteiger partial charge in [0.15, 0.2) is 0 Å². The van der Waals surface area contributed by atoms with E-state index in [1.807, 2.05) is 190 Å². The molecule has 0 spiro atoms. The highest BCUT2D eigenvalue weighted by Crippen LogP contribution is 2.67. The van der Waals surface area contributed by atoms with Crippen LogP contribution in [0.3, 0.4) is 0 Å². The molecule has 18 amide bonds. The van der Waals surface area contributed by atoms with Crippen molar-refractivity contribution >= 4 is 106 Å². The topological polar surface area (TPSA) is 522 Å². The van der Waals surface area contributed by atoms with Gasteiger partial charge in [0.1, 0.15) is 54.4 Å². The maximum atomic E-state index is 14.4. The van der Waals surface area contributed by atoms with Crippen LogP contribution in [0, 0.1) is 108 Å². The van der Waals surface area contributed by atoms with Crippen molar-refractivity contribution in [1.82, 2.24) is 77.7 Å². The Hall–Kier alpha value is -10.3. The van der Waals surface area contributed by atoms with Crippen LogP contribution in [0.1, 0.15) is 276 Å². The molecule has 7 aliphatic carbocycles. The second-order valence-electron chi connectivity index (χ2n) is 50.0. The number of nitrogens with two attached hydrogens (primary N) is 3. The number of nitrogens with one attached hydrogen (secondary N) is 10. The number of benzene rings is 1. The summed E-state index contributed by atoms with van der Waals surface area (Å²) < 4.78 is 0. The van der Waals surface area contributed by atoms with Crippen molar-refractivity contribution in [2.45, 2.75) is 354 Å². The third kappa shape index (κ3) is 26.7. The van der Waals surface area contributed by atoms with Crippen LogP contribution in [0.25, 0.3) is 0 Å². The smallest absolute Gasteiger partial charge is 0.316 e. The van der Waals surface area contributed by atoms with Crippen molar-refractivity contribution in [1.29, 1.82) is 0 Å². The van der Waals surface area contributed by atoms with Gasteiger partial charge in [-0.05, 0) is 174 Å². The van der Waals surface area contributed by atoms with Gasteiger partial charge in [0.25, 0.3) is 17.7 Å². The maximum absolute atomic E-state index is 14.4. The Labute approximate surface area is 822 Å². The van der Waals surface area contributed by atoms with Gasteiger partial charge >= 0.3 is 18.1 Å². The molecule has 3 heterocycles. The highest BCUT2D eigenvalue weighted by Gasteiger charge is 2.73. The van der Waals surface area contributed by atoms with Gasteiger partial charge in [0.05, 0.1) is 23.7 Å². The predicted octanol–water partition coefficient (Wildman–Crippen LogP) is 6.99. The molecule has 10 fully saturated rings. The quantitative estimate of drug-likeness (QED) is 0.0301. The number of carbonyl (C=O) groups is 18. The van der Waals surface area contributed by atoms with Gasteiger partial charge in [-0.25, -0.2) is 14.4 Å². The highest BCUT2D eigenvalue weighted by atomic mass is 16.2. The molecule has 3 aliphatic heterocycles. The number of urea groups is 3. The minimum atomic E-state index is -1.11. The molecule has 139 heavy (non-hydrogen) atoms. The summed E-state index contributed by atoms with van der Waals surface area (Å²) in [5.41, 5.74) is 12.0. The first-order valence-electron chi connectivity index (χ1n) is 50.2. The zero-order valence-electron chi connectivity index (χ0n) is 88.1. The average Bonchev–Trinajstić information content (AvgIpc) is 1.53. The summed E-state index contributed by atoms with van der Waals surface area (Å²) in [6, 6.07) is -3.93. The normalized spacial score (nSPS) is 24.5. The Morgan fingerprint density at radius 3 is 0.935 bits per heavy atom. The van der Waals surface area contributed by atoms with E-state index in [0.717, 1.165) is 69.8 Å². The van der Waals surface area contributed by atoms with Gasteiger partial charge in [0, 0.05) is 46.3 Å². The summed E-state index contributed by atoms with van der Waals surface area (Å²) in [5, 5.41) is 28.3. The molecule has 36 nitrogen and oxygen atoms in total. The number of ketones is 3. The largest absolute Gasteiger partial charge is 0.363 e. The summed E-state index contributed by atoms with van der Waals surface area (Å²) in [5.74, 6) is -8.57. The number of carbonyl (C=O) groups excluding carboxylic acids is 18. The number of primary amides is 3. The number of hydrogen-bond acceptors (Lipinski definition) is 18. The Morgan fingerprint density at radius 2 is 0.669 bits per heavy atom. The molecule has 3 saturated heterocycles. The van der Waals surface area contributed by atoms with E-state index in [-0.39, 0.29) is 99.2 Å². The van der Waals surface area contributed by atoms with Crippen molar-refractivity contribution in [3.63, 3.8) is 0 Å². The van der Waals surface area contributed by atoms with E-state index < -0.39 is 194 Å². The molecule has 3 unspecified atom stereocenters. The van der Waals surface area contributed by atoms with Gasteiger partial charge in [-0.1, -0.05) is 241 Å². The number of fused-ring (bicyclic) bond motifs is 3. The van der Waals surface area contributed by atoms with Crippen molar-refractivity contribution in [3.05, 3.63) is 35.9 Å². The second kappa shape index (κ2) is 42.5. The Balaban J connectivity index is 0.000000233. The number of Topliss-reactive ketones (excluding diaryl/α,β-unsaturated/α-hetero) is 3. The minimum absolute atomic E-state index is 0.0531. The fourth-order valence-electron chi connectivity index (χ4n) is 21.2. The zero-order chi connectivity index (χ0) is 105. The second-order valence-corrected chi connectivity index (χ2v) is 50.0. The van der Waals surface area contributed by atoms with Crippen molar-refractivity contribution in [2.24, 2.45) is 126 Å². The molecule has 0 radical (unpaired) electrons. The van der Waals surface area contributed by atoms with Gasteiger partial charge in [-0.3, -0.25) is 71.9 Å². The summed E-state index contributed by atoms with van der Waals surface area (Å²) in [6.07, 6.45) is 10.8.